The zero-order valence-corrected chi connectivity index (χ0v) is 36.7. The van der Waals surface area contributed by atoms with E-state index in [0.717, 1.165) is 5.56 Å². The highest BCUT2D eigenvalue weighted by molar-refractivity contribution is 6.00. The quantitative estimate of drug-likeness (QED) is 0.109. The third-order valence-electron chi connectivity index (χ3n) is 11.9. The number of benzene rings is 4. The third kappa shape index (κ3) is 9.15. The molecular formula is C49H47F12NO2+2. The van der Waals surface area contributed by atoms with Crippen molar-refractivity contribution >= 4 is 11.1 Å². The van der Waals surface area contributed by atoms with Crippen LogP contribution in [-0.4, -0.2) is 32.3 Å². The van der Waals surface area contributed by atoms with Gasteiger partial charge in [0.1, 0.15) is 41.6 Å². The van der Waals surface area contributed by atoms with Gasteiger partial charge in [-0.25, -0.2) is 0 Å². The molecule has 2 atom stereocenters. The topological polar surface area (TPSA) is 18.5 Å². The van der Waals surface area contributed by atoms with Crippen molar-refractivity contribution in [1.29, 1.82) is 0 Å². The molecule has 15 heteroatoms. The summed E-state index contributed by atoms with van der Waals surface area (Å²) in [4.78, 5) is 0. The Balaban J connectivity index is 1.92. The van der Waals surface area contributed by atoms with E-state index in [0.29, 0.717) is 29.8 Å². The molecule has 1 heterocycles. The molecule has 0 N–H and O–H groups in total. The highest BCUT2D eigenvalue weighted by Gasteiger charge is 2.50. The average molecular weight is 910 g/mol. The average Bonchev–Trinajstić information content (AvgIpc) is 3.30. The Hall–Kier alpha value is -5.27. The summed E-state index contributed by atoms with van der Waals surface area (Å²) in [7, 11) is 4.26. The van der Waals surface area contributed by atoms with Crippen molar-refractivity contribution in [2.75, 3.05) is 27.8 Å². The second kappa shape index (κ2) is 16.0. The number of methoxy groups -OCH3 is 2. The van der Waals surface area contributed by atoms with Gasteiger partial charge in [0.15, 0.2) is 5.57 Å². The molecule has 1 unspecified atom stereocenters. The normalized spacial score (nSPS) is 18.2. The van der Waals surface area contributed by atoms with E-state index in [2.05, 4.69) is 6.08 Å². The minimum atomic E-state index is -5.22. The lowest BCUT2D eigenvalue weighted by Gasteiger charge is -2.39. The monoisotopic (exact) mass is 909 g/mol. The summed E-state index contributed by atoms with van der Waals surface area (Å²) in [6, 6.07) is 12.6. The van der Waals surface area contributed by atoms with Crippen LogP contribution in [0, 0.1) is 11.5 Å². The number of hydrogen-bond acceptors (Lipinski definition) is 2. The largest absolute Gasteiger partial charge is 0.496 e. The number of allylic oxidation sites excluding steroid dienone is 3. The van der Waals surface area contributed by atoms with Crippen LogP contribution >= 0.6 is 0 Å². The number of fused-ring (bicyclic) bond motifs is 3. The van der Waals surface area contributed by atoms with Crippen LogP contribution in [0.4, 0.5) is 52.7 Å². The van der Waals surface area contributed by atoms with Gasteiger partial charge in [-0.3, -0.25) is 0 Å². The summed E-state index contributed by atoms with van der Waals surface area (Å²) in [5, 5.41) is 0. The first-order valence-corrected chi connectivity index (χ1v) is 20.1. The van der Waals surface area contributed by atoms with E-state index in [1.165, 1.54) is 14.2 Å². The Morgan fingerprint density at radius 2 is 1.06 bits per heavy atom. The molecular weight excluding hydrogens is 863 g/mol. The Labute approximate surface area is 364 Å². The van der Waals surface area contributed by atoms with Crippen LogP contribution in [0.3, 0.4) is 0 Å². The fraction of sp³-hybridized carbons (Fsp3) is 0.388. The molecule has 64 heavy (non-hydrogen) atoms. The summed E-state index contributed by atoms with van der Waals surface area (Å²) in [6.45, 7) is 12.0. The smallest absolute Gasteiger partial charge is 0.416 e. The molecule has 0 spiro atoms. The van der Waals surface area contributed by atoms with E-state index in [9.17, 15) is 52.7 Å². The van der Waals surface area contributed by atoms with Crippen molar-refractivity contribution in [3.05, 3.63) is 146 Å². The molecule has 0 radical (unpaired) electrons. The lowest BCUT2D eigenvalue weighted by Crippen LogP contribution is -2.46. The number of alkyl halides is 12. The van der Waals surface area contributed by atoms with Gasteiger partial charge in [-0.2, -0.15) is 52.7 Å². The molecule has 6 rings (SSSR count). The summed E-state index contributed by atoms with van der Waals surface area (Å²) in [5.74, 6) is -0.0721. The van der Waals surface area contributed by atoms with E-state index >= 15 is 0 Å². The number of hydrogen-bond donors (Lipinski definition) is 0. The molecule has 1 aliphatic heterocycles. The molecule has 0 bridgehead atoms. The maximum atomic E-state index is 14.6. The number of likely N-dealkylation sites (N-methyl/N-ethyl adjacent to an activating group) is 1. The second-order valence-corrected chi connectivity index (χ2v) is 18.6. The summed E-state index contributed by atoms with van der Waals surface area (Å²) in [5.41, 5.74) is -7.21. The zero-order valence-electron chi connectivity index (χ0n) is 36.7. The number of quaternary nitrogens is 1. The van der Waals surface area contributed by atoms with Crippen molar-refractivity contribution in [1.82, 2.24) is 0 Å². The van der Waals surface area contributed by atoms with Gasteiger partial charge in [0.05, 0.1) is 54.6 Å². The number of ether oxygens (including phenoxy) is 2. The van der Waals surface area contributed by atoms with Crippen LogP contribution in [0.5, 0.6) is 5.75 Å². The van der Waals surface area contributed by atoms with Crippen molar-refractivity contribution in [3.63, 3.8) is 0 Å². The van der Waals surface area contributed by atoms with Crippen LogP contribution in [0.25, 0.3) is 22.3 Å². The van der Waals surface area contributed by atoms with Crippen LogP contribution in [-0.2, 0) is 41.4 Å². The predicted octanol–water partition coefficient (Wildman–Crippen LogP) is 15.1. The maximum Gasteiger partial charge on any atom is 0.416 e. The molecule has 0 fully saturated rings. The fourth-order valence-corrected chi connectivity index (χ4v) is 8.58. The maximum absolute atomic E-state index is 14.6. The van der Waals surface area contributed by atoms with Crippen LogP contribution < -0.4 is 4.74 Å². The van der Waals surface area contributed by atoms with E-state index in [1.807, 2.05) is 19.1 Å². The van der Waals surface area contributed by atoms with Gasteiger partial charge in [-0.05, 0) is 60.4 Å². The molecule has 0 saturated carbocycles. The van der Waals surface area contributed by atoms with E-state index in [1.54, 1.807) is 72.9 Å². The molecule has 0 saturated heterocycles. The van der Waals surface area contributed by atoms with Gasteiger partial charge < -0.3 is 14.0 Å². The molecule has 1 aliphatic carbocycles. The summed E-state index contributed by atoms with van der Waals surface area (Å²) in [6.07, 6.45) is -17.5. The molecule has 342 valence electrons. The van der Waals surface area contributed by atoms with Gasteiger partial charge >= 0.3 is 24.7 Å². The predicted molar refractivity (Wildman–Crippen MR) is 220 cm³/mol. The molecule has 4 aromatic carbocycles. The molecule has 3 nitrogen and oxygen atoms in total. The summed E-state index contributed by atoms with van der Waals surface area (Å²) >= 11 is 0. The van der Waals surface area contributed by atoms with E-state index in [-0.39, 0.29) is 80.2 Å². The molecule has 4 aromatic rings. The van der Waals surface area contributed by atoms with Crippen molar-refractivity contribution in [2.24, 2.45) is 5.41 Å². The molecule has 0 amide bonds. The highest BCUT2D eigenvalue weighted by Crippen LogP contribution is 2.55. The number of rotatable bonds is 6. The Bertz CT molecular complexity index is 2500. The Kier molecular flexibility index (Phi) is 12.1. The van der Waals surface area contributed by atoms with Crippen LogP contribution in [0.2, 0.25) is 0 Å². The number of nitrogens with zero attached hydrogens (tertiary/aromatic N) is 1. The van der Waals surface area contributed by atoms with Gasteiger partial charge in [0, 0.05) is 33.7 Å². The molecule has 2 aliphatic rings. The SMILES string of the molecule is COC1=C(C(C)(C)C)[C+]=C2C(=C1c1cc(C(F)(F)F)cc(C(F)(F)F)c1)C[N@+](C)(C(C)c1ccccc1)Cc1c2cc(C(C)(C)C)c(OC)c1-c1cc(C(F)(F)F)cc(C(F)(F)F)c1. The van der Waals surface area contributed by atoms with Crippen molar-refractivity contribution < 1.29 is 66.6 Å². The van der Waals surface area contributed by atoms with Crippen molar-refractivity contribution in [2.45, 2.75) is 91.2 Å². The first-order chi connectivity index (χ1) is 29.2. The highest BCUT2D eigenvalue weighted by atomic mass is 19.4. The zero-order chi connectivity index (χ0) is 47.9. The summed E-state index contributed by atoms with van der Waals surface area (Å²) < 4.78 is 187. The fourth-order valence-electron chi connectivity index (χ4n) is 8.58. The van der Waals surface area contributed by atoms with E-state index in [4.69, 9.17) is 9.47 Å². The minimum absolute atomic E-state index is 0.0152. The van der Waals surface area contributed by atoms with Gasteiger partial charge in [0.2, 0.25) is 5.76 Å². The second-order valence-electron chi connectivity index (χ2n) is 18.6. The van der Waals surface area contributed by atoms with Crippen LogP contribution in [0.1, 0.15) is 105 Å². The standard InChI is InChI=1S/C49H47F12NO2/c1-26(27-14-12-11-13-15-27)62(8)24-36-34(22-38(44(2,3)4)42(63-9)40(36)28-16-30(46(50,51)52)20-31(17-28)47(53,54)55)35-23-39(45(5,6)7)43(64-10)41(37(35)25-62)29-18-32(48(56,57)58)21-33(19-29)49(59,60)61/h11-22,26H,24-25H2,1-10H3/q+2/t26?,62-/m1/s1. The Morgan fingerprint density at radius 1 is 0.594 bits per heavy atom. The number of halogens is 12. The third-order valence-corrected chi connectivity index (χ3v) is 11.9. The lowest BCUT2D eigenvalue weighted by molar-refractivity contribution is -0.945. The van der Waals surface area contributed by atoms with Crippen LogP contribution in [0.15, 0.2) is 89.7 Å². The molecule has 0 aromatic heterocycles. The first-order valence-electron chi connectivity index (χ1n) is 20.1. The first kappa shape index (κ1) is 48.2. The van der Waals surface area contributed by atoms with Gasteiger partial charge in [-0.15, -0.1) is 0 Å². The van der Waals surface area contributed by atoms with Gasteiger partial charge in [0.25, 0.3) is 0 Å². The Morgan fingerprint density at radius 3 is 1.47 bits per heavy atom. The van der Waals surface area contributed by atoms with Crippen molar-refractivity contribution in [3.8, 4) is 16.9 Å². The van der Waals surface area contributed by atoms with Gasteiger partial charge in [-0.1, -0.05) is 71.9 Å². The van der Waals surface area contributed by atoms with E-state index < -0.39 is 75.0 Å². The lowest BCUT2D eigenvalue weighted by atomic mass is 9.73. The minimum Gasteiger partial charge on any atom is -0.496 e.